The van der Waals surface area contributed by atoms with E-state index >= 15 is 0 Å². The number of H-pyrrole nitrogens is 1. The Morgan fingerprint density at radius 2 is 2.27 bits per heavy atom. The molecule has 1 N–H and O–H groups in total. The first-order valence-corrected chi connectivity index (χ1v) is 3.36. The minimum atomic E-state index is -0.295. The number of hydrogen-bond donors (Lipinski definition) is 1. The van der Waals surface area contributed by atoms with Gasteiger partial charge in [-0.05, 0) is 19.1 Å². The van der Waals surface area contributed by atoms with Crippen molar-refractivity contribution < 1.29 is 4.39 Å². The van der Waals surface area contributed by atoms with Crippen LogP contribution in [-0.2, 0) is 0 Å². The summed E-state index contributed by atoms with van der Waals surface area (Å²) in [5.41, 5.74) is 1.74. The van der Waals surface area contributed by atoms with Crippen molar-refractivity contribution >= 4 is 11.0 Å². The fourth-order valence-corrected chi connectivity index (χ4v) is 1.13. The molecule has 0 spiro atoms. The Bertz CT molecular complexity index is 392. The molecule has 11 heavy (non-hydrogen) atoms. The fourth-order valence-electron chi connectivity index (χ4n) is 1.13. The van der Waals surface area contributed by atoms with E-state index in [0.717, 1.165) is 16.7 Å². The monoisotopic (exact) mass is 150 g/mol. The highest BCUT2D eigenvalue weighted by Crippen LogP contribution is 2.12. The first kappa shape index (κ1) is 6.34. The highest BCUT2D eigenvalue weighted by Gasteiger charge is 1.98. The van der Waals surface area contributed by atoms with Crippen LogP contribution in [0.2, 0.25) is 0 Å². The third kappa shape index (κ3) is 0.981. The Hall–Kier alpha value is -1.38. The lowest BCUT2D eigenvalue weighted by Crippen LogP contribution is -1.78. The summed E-state index contributed by atoms with van der Waals surface area (Å²) < 4.78 is 12.6. The molecule has 0 fully saturated rings. The van der Waals surface area contributed by atoms with Crippen LogP contribution in [0.3, 0.4) is 0 Å². The van der Waals surface area contributed by atoms with Gasteiger partial charge in [0.2, 0.25) is 0 Å². The van der Waals surface area contributed by atoms with E-state index in [2.05, 4.69) is 9.97 Å². The van der Waals surface area contributed by atoms with Gasteiger partial charge >= 0.3 is 0 Å². The van der Waals surface area contributed by atoms with Crippen LogP contribution in [0, 0.1) is 12.7 Å². The van der Waals surface area contributed by atoms with Crippen molar-refractivity contribution in [3.05, 3.63) is 29.8 Å². The van der Waals surface area contributed by atoms with Gasteiger partial charge in [0.15, 0.2) is 0 Å². The number of pyridine rings is 1. The Morgan fingerprint density at radius 1 is 1.45 bits per heavy atom. The average Bonchev–Trinajstić information content (AvgIpc) is 2.27. The molecule has 2 nitrogen and oxygen atoms in total. The quantitative estimate of drug-likeness (QED) is 0.611. The maximum atomic E-state index is 12.6. The second kappa shape index (κ2) is 2.05. The van der Waals surface area contributed by atoms with E-state index in [9.17, 15) is 4.39 Å². The van der Waals surface area contributed by atoms with E-state index in [1.165, 1.54) is 12.3 Å². The molecule has 0 unspecified atom stereocenters. The molecule has 0 amide bonds. The SMILES string of the molecule is Cc1cc2cc(F)cnc2[nH]1. The van der Waals surface area contributed by atoms with Crippen LogP contribution in [0.5, 0.6) is 0 Å². The summed E-state index contributed by atoms with van der Waals surface area (Å²) in [6.07, 6.45) is 1.21. The average molecular weight is 150 g/mol. The van der Waals surface area contributed by atoms with Crippen LogP contribution in [0.15, 0.2) is 18.3 Å². The van der Waals surface area contributed by atoms with Crippen molar-refractivity contribution in [3.63, 3.8) is 0 Å². The Kier molecular flexibility index (Phi) is 1.18. The largest absolute Gasteiger partial charge is 0.344 e. The molecule has 2 aromatic heterocycles. The second-order valence-corrected chi connectivity index (χ2v) is 2.54. The van der Waals surface area contributed by atoms with E-state index < -0.39 is 0 Å². The van der Waals surface area contributed by atoms with Crippen LogP contribution in [-0.4, -0.2) is 9.97 Å². The number of halogens is 1. The van der Waals surface area contributed by atoms with E-state index in [0.29, 0.717) is 0 Å². The molecule has 0 aliphatic carbocycles. The zero-order valence-electron chi connectivity index (χ0n) is 6.06. The van der Waals surface area contributed by atoms with Crippen molar-refractivity contribution in [2.75, 3.05) is 0 Å². The van der Waals surface area contributed by atoms with Crippen LogP contribution in [0.4, 0.5) is 4.39 Å². The molecule has 0 radical (unpaired) electrons. The van der Waals surface area contributed by atoms with Gasteiger partial charge in [-0.2, -0.15) is 0 Å². The Labute approximate surface area is 63.1 Å². The van der Waals surface area contributed by atoms with Gasteiger partial charge in [0.05, 0.1) is 6.20 Å². The summed E-state index contributed by atoms with van der Waals surface area (Å²) >= 11 is 0. The molecular weight excluding hydrogens is 143 g/mol. The van der Waals surface area contributed by atoms with Gasteiger partial charge in [-0.25, -0.2) is 9.37 Å². The van der Waals surface area contributed by atoms with Crippen molar-refractivity contribution in [1.29, 1.82) is 0 Å². The molecule has 0 saturated heterocycles. The fraction of sp³-hybridized carbons (Fsp3) is 0.125. The lowest BCUT2D eigenvalue weighted by molar-refractivity contribution is 0.624. The van der Waals surface area contributed by atoms with Gasteiger partial charge in [0.25, 0.3) is 0 Å². The highest BCUT2D eigenvalue weighted by molar-refractivity contribution is 5.76. The number of rotatable bonds is 0. The normalized spacial score (nSPS) is 10.7. The minimum absolute atomic E-state index is 0.295. The molecule has 3 heteroatoms. The van der Waals surface area contributed by atoms with Crippen LogP contribution in [0.1, 0.15) is 5.69 Å². The van der Waals surface area contributed by atoms with Gasteiger partial charge < -0.3 is 4.98 Å². The Morgan fingerprint density at radius 3 is 3.09 bits per heavy atom. The van der Waals surface area contributed by atoms with Gasteiger partial charge in [-0.3, -0.25) is 0 Å². The molecular formula is C8H7FN2. The molecule has 0 bridgehead atoms. The molecule has 56 valence electrons. The predicted octanol–water partition coefficient (Wildman–Crippen LogP) is 2.01. The first-order chi connectivity index (χ1) is 5.25. The summed E-state index contributed by atoms with van der Waals surface area (Å²) in [4.78, 5) is 6.88. The lowest BCUT2D eigenvalue weighted by Gasteiger charge is -1.86. The van der Waals surface area contributed by atoms with Crippen molar-refractivity contribution in [2.45, 2.75) is 6.92 Å². The zero-order valence-corrected chi connectivity index (χ0v) is 6.06. The zero-order chi connectivity index (χ0) is 7.84. The lowest BCUT2D eigenvalue weighted by atomic mass is 10.3. The number of aromatic amines is 1. The number of aryl methyl sites for hydroxylation is 1. The summed E-state index contributed by atoms with van der Waals surface area (Å²) in [6, 6.07) is 3.33. The molecule has 2 rings (SSSR count). The molecule has 0 saturated carbocycles. The van der Waals surface area contributed by atoms with Gasteiger partial charge in [0, 0.05) is 11.1 Å². The first-order valence-electron chi connectivity index (χ1n) is 3.36. The van der Waals surface area contributed by atoms with E-state index in [1.807, 2.05) is 13.0 Å². The van der Waals surface area contributed by atoms with E-state index in [-0.39, 0.29) is 5.82 Å². The highest BCUT2D eigenvalue weighted by atomic mass is 19.1. The molecule has 0 aliphatic heterocycles. The summed E-state index contributed by atoms with van der Waals surface area (Å²) in [6.45, 7) is 1.92. The summed E-state index contributed by atoms with van der Waals surface area (Å²) in [5, 5.41) is 0.822. The molecule has 2 aromatic rings. The smallest absolute Gasteiger partial charge is 0.142 e. The van der Waals surface area contributed by atoms with Crippen molar-refractivity contribution in [2.24, 2.45) is 0 Å². The standard InChI is InChI=1S/C8H7FN2/c1-5-2-6-3-7(9)4-10-8(6)11-5/h2-4H,1H3,(H,10,11). The van der Waals surface area contributed by atoms with Gasteiger partial charge in [-0.1, -0.05) is 0 Å². The molecule has 0 atom stereocenters. The van der Waals surface area contributed by atoms with E-state index in [4.69, 9.17) is 0 Å². The minimum Gasteiger partial charge on any atom is -0.344 e. The van der Waals surface area contributed by atoms with Crippen molar-refractivity contribution in [1.82, 2.24) is 9.97 Å². The third-order valence-corrected chi connectivity index (χ3v) is 1.57. The number of fused-ring (bicyclic) bond motifs is 1. The van der Waals surface area contributed by atoms with Crippen LogP contribution in [0.25, 0.3) is 11.0 Å². The maximum Gasteiger partial charge on any atom is 0.142 e. The second-order valence-electron chi connectivity index (χ2n) is 2.54. The number of hydrogen-bond acceptors (Lipinski definition) is 1. The van der Waals surface area contributed by atoms with Crippen LogP contribution >= 0.6 is 0 Å². The Balaban J connectivity index is 2.82. The molecule has 0 aromatic carbocycles. The topological polar surface area (TPSA) is 28.7 Å². The summed E-state index contributed by atoms with van der Waals surface area (Å²) in [5.74, 6) is -0.295. The van der Waals surface area contributed by atoms with Gasteiger partial charge in [-0.15, -0.1) is 0 Å². The number of nitrogens with zero attached hydrogens (tertiary/aromatic N) is 1. The molecule has 2 heterocycles. The predicted molar refractivity (Wildman–Crippen MR) is 40.8 cm³/mol. The third-order valence-electron chi connectivity index (χ3n) is 1.57. The van der Waals surface area contributed by atoms with E-state index in [1.54, 1.807) is 0 Å². The maximum absolute atomic E-state index is 12.6. The van der Waals surface area contributed by atoms with Crippen molar-refractivity contribution in [3.8, 4) is 0 Å². The number of aromatic nitrogens is 2. The summed E-state index contributed by atoms with van der Waals surface area (Å²) in [7, 11) is 0. The van der Waals surface area contributed by atoms with Gasteiger partial charge in [0.1, 0.15) is 11.5 Å². The number of nitrogens with one attached hydrogen (secondary N) is 1. The van der Waals surface area contributed by atoms with Crippen LogP contribution < -0.4 is 0 Å². The molecule has 0 aliphatic rings.